The van der Waals surface area contributed by atoms with Crippen LogP contribution in [0.3, 0.4) is 0 Å². The molecule has 2 fully saturated rings. The maximum Gasteiger partial charge on any atom is 0.236 e. The Morgan fingerprint density at radius 2 is 1.81 bits per heavy atom. The van der Waals surface area contributed by atoms with E-state index in [1.54, 1.807) is 4.90 Å². The number of hydrogen-bond donors (Lipinski definition) is 2. The van der Waals surface area contributed by atoms with Gasteiger partial charge in [0.25, 0.3) is 0 Å². The summed E-state index contributed by atoms with van der Waals surface area (Å²) in [7, 11) is 3.65. The van der Waals surface area contributed by atoms with Crippen molar-refractivity contribution < 1.29 is 4.79 Å². The van der Waals surface area contributed by atoms with Gasteiger partial charge in [0, 0.05) is 46.3 Å². The zero-order valence-electron chi connectivity index (χ0n) is 17.8. The van der Waals surface area contributed by atoms with Gasteiger partial charge in [0.1, 0.15) is 0 Å². The first-order valence-corrected chi connectivity index (χ1v) is 11.1. The van der Waals surface area contributed by atoms with Crippen molar-refractivity contribution in [2.24, 2.45) is 10.9 Å². The van der Waals surface area contributed by atoms with Crippen molar-refractivity contribution in [3.05, 3.63) is 0 Å². The van der Waals surface area contributed by atoms with E-state index in [1.165, 1.54) is 44.9 Å². The van der Waals surface area contributed by atoms with Crippen molar-refractivity contribution in [1.82, 2.24) is 20.4 Å². The number of guanidine groups is 1. The molecule has 0 unspecified atom stereocenters. The summed E-state index contributed by atoms with van der Waals surface area (Å²) in [6.07, 6.45) is 11.8. The maximum atomic E-state index is 11.9. The van der Waals surface area contributed by atoms with Crippen LogP contribution in [0, 0.1) is 5.92 Å². The van der Waals surface area contributed by atoms with Gasteiger partial charge in [0.05, 0.1) is 6.54 Å². The van der Waals surface area contributed by atoms with E-state index in [4.69, 9.17) is 4.99 Å². The molecular weight excluding hydrogens is 338 g/mol. The Balaban J connectivity index is 1.65. The van der Waals surface area contributed by atoms with E-state index < -0.39 is 0 Å². The van der Waals surface area contributed by atoms with Gasteiger partial charge in [0.15, 0.2) is 5.96 Å². The summed E-state index contributed by atoms with van der Waals surface area (Å²) in [5.41, 5.74) is 0. The summed E-state index contributed by atoms with van der Waals surface area (Å²) in [4.78, 5) is 20.6. The van der Waals surface area contributed by atoms with Crippen LogP contribution in [0.2, 0.25) is 0 Å². The number of amides is 1. The number of nitrogens with zero attached hydrogens (tertiary/aromatic N) is 3. The van der Waals surface area contributed by atoms with Gasteiger partial charge < -0.3 is 15.5 Å². The fourth-order valence-electron chi connectivity index (χ4n) is 4.12. The third kappa shape index (κ3) is 8.50. The lowest BCUT2D eigenvalue weighted by Gasteiger charge is -2.33. The molecule has 0 atom stereocenters. The molecule has 27 heavy (non-hydrogen) atoms. The number of nitrogens with one attached hydrogen (secondary N) is 2. The minimum atomic E-state index is 0.189. The molecule has 2 rings (SSSR count). The second-order valence-corrected chi connectivity index (χ2v) is 8.39. The van der Waals surface area contributed by atoms with Crippen LogP contribution < -0.4 is 10.6 Å². The Labute approximate surface area is 166 Å². The summed E-state index contributed by atoms with van der Waals surface area (Å²) in [6.45, 7) is 6.40. The largest absolute Gasteiger partial charge is 0.357 e. The first kappa shape index (κ1) is 22.0. The number of hydrogen-bond acceptors (Lipinski definition) is 3. The molecule has 0 bridgehead atoms. The second-order valence-electron chi connectivity index (χ2n) is 8.39. The van der Waals surface area contributed by atoms with Crippen LogP contribution in [0.4, 0.5) is 0 Å². The average Bonchev–Trinajstić information content (AvgIpc) is 3.16. The molecule has 1 aliphatic carbocycles. The molecule has 6 heteroatoms. The number of rotatable bonds is 9. The highest BCUT2D eigenvalue weighted by atomic mass is 16.2. The van der Waals surface area contributed by atoms with Crippen LogP contribution in [0.5, 0.6) is 0 Å². The molecule has 0 aromatic rings. The van der Waals surface area contributed by atoms with E-state index in [0.717, 1.165) is 50.9 Å². The van der Waals surface area contributed by atoms with E-state index in [0.29, 0.717) is 12.6 Å². The van der Waals surface area contributed by atoms with Crippen molar-refractivity contribution >= 4 is 11.9 Å². The number of likely N-dealkylation sites (tertiary alicyclic amines) is 1. The molecule has 0 aromatic carbocycles. The smallest absolute Gasteiger partial charge is 0.236 e. The minimum absolute atomic E-state index is 0.189. The predicted molar refractivity (Wildman–Crippen MR) is 113 cm³/mol. The topological polar surface area (TPSA) is 60.0 Å². The number of likely N-dealkylation sites (N-methyl/N-ethyl adjacent to an activating group) is 1. The van der Waals surface area contributed by atoms with Gasteiger partial charge in [0.2, 0.25) is 5.91 Å². The van der Waals surface area contributed by atoms with Gasteiger partial charge in [-0.05, 0) is 32.1 Å². The Kier molecular flexibility index (Phi) is 9.95. The van der Waals surface area contributed by atoms with E-state index in [9.17, 15) is 4.79 Å². The molecule has 1 aliphatic heterocycles. The van der Waals surface area contributed by atoms with Crippen LogP contribution in [-0.4, -0.2) is 74.5 Å². The van der Waals surface area contributed by atoms with E-state index in [-0.39, 0.29) is 5.91 Å². The zero-order valence-corrected chi connectivity index (χ0v) is 17.8. The molecule has 1 saturated heterocycles. The maximum absolute atomic E-state index is 11.9. The highest BCUT2D eigenvalue weighted by molar-refractivity contribution is 5.80. The summed E-state index contributed by atoms with van der Waals surface area (Å²) < 4.78 is 0. The zero-order chi connectivity index (χ0) is 19.5. The molecule has 1 saturated carbocycles. The highest BCUT2D eigenvalue weighted by Gasteiger charge is 2.22. The molecule has 0 radical (unpaired) electrons. The Morgan fingerprint density at radius 3 is 2.44 bits per heavy atom. The Hall–Kier alpha value is -1.30. The minimum Gasteiger partial charge on any atom is -0.357 e. The van der Waals surface area contributed by atoms with Crippen LogP contribution in [0.1, 0.15) is 64.7 Å². The predicted octanol–water partition coefficient (Wildman–Crippen LogP) is 2.45. The van der Waals surface area contributed by atoms with Crippen LogP contribution in [-0.2, 0) is 4.79 Å². The summed E-state index contributed by atoms with van der Waals surface area (Å²) in [5.74, 6) is 2.14. The van der Waals surface area contributed by atoms with Gasteiger partial charge in [-0.3, -0.25) is 14.7 Å². The fourth-order valence-corrected chi connectivity index (χ4v) is 4.12. The lowest BCUT2D eigenvalue weighted by atomic mass is 10.0. The molecule has 2 aliphatic rings. The Bertz CT molecular complexity index is 451. The lowest BCUT2D eigenvalue weighted by Crippen LogP contribution is -2.50. The quantitative estimate of drug-likeness (QED) is 0.367. The molecular formula is C21H41N5O. The Morgan fingerprint density at radius 1 is 1.11 bits per heavy atom. The second kappa shape index (κ2) is 12.2. The SMILES string of the molecule is CCNC(=NCCCCC1CCCC1)NC1CCN(CC(=O)N(C)C)CC1. The van der Waals surface area contributed by atoms with Crippen molar-refractivity contribution in [1.29, 1.82) is 0 Å². The van der Waals surface area contributed by atoms with E-state index >= 15 is 0 Å². The fraction of sp³-hybridized carbons (Fsp3) is 0.905. The van der Waals surface area contributed by atoms with Gasteiger partial charge >= 0.3 is 0 Å². The third-order valence-electron chi connectivity index (χ3n) is 5.90. The molecule has 2 N–H and O–H groups in total. The molecule has 156 valence electrons. The van der Waals surface area contributed by atoms with Crippen molar-refractivity contribution in [3.8, 4) is 0 Å². The van der Waals surface area contributed by atoms with Crippen LogP contribution in [0.15, 0.2) is 4.99 Å². The molecule has 0 spiro atoms. The molecule has 1 amide bonds. The van der Waals surface area contributed by atoms with E-state index in [1.807, 2.05) is 14.1 Å². The number of aliphatic imine (C=N–C) groups is 1. The highest BCUT2D eigenvalue weighted by Crippen LogP contribution is 2.28. The number of carbonyl (C=O) groups excluding carboxylic acids is 1. The van der Waals surface area contributed by atoms with Crippen molar-refractivity contribution in [2.45, 2.75) is 70.8 Å². The number of unbranched alkanes of at least 4 members (excludes halogenated alkanes) is 1. The summed E-state index contributed by atoms with van der Waals surface area (Å²) >= 11 is 0. The summed E-state index contributed by atoms with van der Waals surface area (Å²) in [5, 5.41) is 6.99. The van der Waals surface area contributed by atoms with Crippen LogP contribution >= 0.6 is 0 Å². The van der Waals surface area contributed by atoms with Gasteiger partial charge in [-0.25, -0.2) is 0 Å². The third-order valence-corrected chi connectivity index (χ3v) is 5.90. The first-order valence-electron chi connectivity index (χ1n) is 11.1. The van der Waals surface area contributed by atoms with Gasteiger partial charge in [-0.15, -0.1) is 0 Å². The first-order chi connectivity index (χ1) is 13.1. The number of piperidine rings is 1. The summed E-state index contributed by atoms with van der Waals surface area (Å²) in [6, 6.07) is 0.451. The monoisotopic (exact) mass is 379 g/mol. The average molecular weight is 380 g/mol. The molecule has 6 nitrogen and oxygen atoms in total. The molecule has 0 aromatic heterocycles. The van der Waals surface area contributed by atoms with Gasteiger partial charge in [-0.2, -0.15) is 0 Å². The molecule has 1 heterocycles. The lowest BCUT2D eigenvalue weighted by molar-refractivity contribution is -0.130. The standard InChI is InChI=1S/C21H41N5O/c1-4-22-21(23-14-8-7-11-18-9-5-6-10-18)24-19-12-15-26(16-13-19)17-20(27)25(2)3/h18-19H,4-17H2,1-3H3,(H2,22,23,24). The normalized spacial score (nSPS) is 20.0. The van der Waals surface area contributed by atoms with Crippen molar-refractivity contribution in [2.75, 3.05) is 46.8 Å². The van der Waals surface area contributed by atoms with E-state index in [2.05, 4.69) is 22.5 Å². The number of carbonyl (C=O) groups is 1. The van der Waals surface area contributed by atoms with Crippen molar-refractivity contribution in [3.63, 3.8) is 0 Å². The van der Waals surface area contributed by atoms with Gasteiger partial charge in [-0.1, -0.05) is 38.5 Å². The van der Waals surface area contributed by atoms with Crippen LogP contribution in [0.25, 0.3) is 0 Å².